The van der Waals surface area contributed by atoms with E-state index in [0.717, 1.165) is 5.56 Å². The highest BCUT2D eigenvalue weighted by Crippen LogP contribution is 2.22. The summed E-state index contributed by atoms with van der Waals surface area (Å²) in [6, 6.07) is 3.22. The Balaban J connectivity index is 2.06. The summed E-state index contributed by atoms with van der Waals surface area (Å²) < 4.78 is 13.2. The van der Waals surface area contributed by atoms with Crippen LogP contribution < -0.4 is 5.73 Å². The maximum Gasteiger partial charge on any atom is 0.234 e. The lowest BCUT2D eigenvalue weighted by Crippen LogP contribution is -2.39. The molecule has 16 heavy (non-hydrogen) atoms. The number of rotatable bonds is 3. The number of nitrogens with zero attached hydrogens (tertiary/aromatic N) is 2. The van der Waals surface area contributed by atoms with Crippen molar-refractivity contribution in [2.75, 3.05) is 6.54 Å². The largest absolute Gasteiger partial charge is 0.368 e. The Labute approximate surface area is 93.3 Å². The first-order valence-electron chi connectivity index (χ1n) is 5.23. The van der Waals surface area contributed by atoms with E-state index in [4.69, 9.17) is 5.73 Å². The summed E-state index contributed by atoms with van der Waals surface area (Å²) in [5.41, 5.74) is 6.25. The molecule has 0 saturated carbocycles. The van der Waals surface area contributed by atoms with E-state index in [2.05, 4.69) is 4.98 Å². The first kappa shape index (κ1) is 11.0. The van der Waals surface area contributed by atoms with Gasteiger partial charge in [-0.3, -0.25) is 14.7 Å². The molecule has 0 aromatic carbocycles. The van der Waals surface area contributed by atoms with Crippen molar-refractivity contribution in [3.05, 3.63) is 30.1 Å². The molecule has 1 fully saturated rings. The number of aromatic nitrogens is 1. The van der Waals surface area contributed by atoms with Crippen LogP contribution in [0.25, 0.3) is 0 Å². The molecule has 1 aromatic rings. The van der Waals surface area contributed by atoms with Crippen molar-refractivity contribution in [2.24, 2.45) is 5.73 Å². The van der Waals surface area contributed by atoms with Crippen LogP contribution in [0.5, 0.6) is 0 Å². The van der Waals surface area contributed by atoms with Gasteiger partial charge in [0.1, 0.15) is 6.17 Å². The molecule has 1 saturated heterocycles. The molecule has 0 bridgehead atoms. The Kier molecular flexibility index (Phi) is 3.14. The minimum atomic E-state index is -0.959. The molecule has 2 heterocycles. The van der Waals surface area contributed by atoms with E-state index in [0.29, 0.717) is 6.54 Å². The van der Waals surface area contributed by atoms with Gasteiger partial charge < -0.3 is 5.73 Å². The number of hydrogen-bond donors (Lipinski definition) is 1. The van der Waals surface area contributed by atoms with Crippen LogP contribution >= 0.6 is 0 Å². The first-order valence-corrected chi connectivity index (χ1v) is 5.23. The SMILES string of the molecule is NC(=O)[C@@H]1C[C@@H](F)CN1Cc1ccncc1. The number of pyridine rings is 1. The second-order valence-electron chi connectivity index (χ2n) is 4.04. The summed E-state index contributed by atoms with van der Waals surface area (Å²) in [5.74, 6) is -0.450. The van der Waals surface area contributed by atoms with Crippen molar-refractivity contribution in [3.63, 3.8) is 0 Å². The standard InChI is InChI=1S/C11H14FN3O/c12-9-5-10(11(13)16)15(7-9)6-8-1-3-14-4-2-8/h1-4,9-10H,5-7H2,(H2,13,16)/t9-,10+/m1/s1. The quantitative estimate of drug-likeness (QED) is 0.810. The van der Waals surface area contributed by atoms with Crippen molar-refractivity contribution >= 4 is 5.91 Å². The third-order valence-electron chi connectivity index (χ3n) is 2.82. The number of carbonyl (C=O) groups is 1. The Morgan fingerprint density at radius 2 is 2.25 bits per heavy atom. The van der Waals surface area contributed by atoms with Gasteiger partial charge in [-0.25, -0.2) is 4.39 Å². The van der Waals surface area contributed by atoms with Gasteiger partial charge in [0.05, 0.1) is 6.04 Å². The lowest BCUT2D eigenvalue weighted by molar-refractivity contribution is -0.122. The highest BCUT2D eigenvalue weighted by atomic mass is 19.1. The van der Waals surface area contributed by atoms with Crippen LogP contribution in [0.15, 0.2) is 24.5 Å². The Bertz CT molecular complexity index is 371. The minimum absolute atomic E-state index is 0.209. The van der Waals surface area contributed by atoms with E-state index in [1.54, 1.807) is 17.3 Å². The van der Waals surface area contributed by atoms with E-state index < -0.39 is 18.1 Å². The third kappa shape index (κ3) is 2.36. The minimum Gasteiger partial charge on any atom is -0.368 e. The van der Waals surface area contributed by atoms with Crippen molar-refractivity contribution in [3.8, 4) is 0 Å². The highest BCUT2D eigenvalue weighted by molar-refractivity contribution is 5.80. The first-order chi connectivity index (χ1) is 7.66. The zero-order valence-corrected chi connectivity index (χ0v) is 8.84. The van der Waals surface area contributed by atoms with Gasteiger partial charge in [0.15, 0.2) is 0 Å². The molecular weight excluding hydrogens is 209 g/mol. The van der Waals surface area contributed by atoms with Gasteiger partial charge in [-0.05, 0) is 17.7 Å². The molecule has 1 aliphatic heterocycles. The molecule has 1 amide bonds. The second kappa shape index (κ2) is 4.57. The van der Waals surface area contributed by atoms with E-state index in [9.17, 15) is 9.18 Å². The highest BCUT2D eigenvalue weighted by Gasteiger charge is 2.35. The summed E-state index contributed by atoms with van der Waals surface area (Å²) in [7, 11) is 0. The molecule has 86 valence electrons. The maximum atomic E-state index is 13.2. The normalized spacial score (nSPS) is 25.8. The number of primary amides is 1. The maximum absolute atomic E-state index is 13.2. The molecule has 4 nitrogen and oxygen atoms in total. The number of amides is 1. The monoisotopic (exact) mass is 223 g/mol. The molecule has 2 atom stereocenters. The fraction of sp³-hybridized carbons (Fsp3) is 0.455. The average Bonchev–Trinajstić information content (AvgIpc) is 2.61. The molecule has 2 N–H and O–H groups in total. The third-order valence-corrected chi connectivity index (χ3v) is 2.82. The lowest BCUT2D eigenvalue weighted by Gasteiger charge is -2.21. The van der Waals surface area contributed by atoms with Gasteiger partial charge >= 0.3 is 0 Å². The summed E-state index contributed by atoms with van der Waals surface area (Å²) in [6.45, 7) is 0.812. The molecule has 0 spiro atoms. The molecule has 0 aliphatic carbocycles. The summed E-state index contributed by atoms with van der Waals surface area (Å²) in [4.78, 5) is 16.8. The van der Waals surface area contributed by atoms with Crippen LogP contribution in [-0.4, -0.2) is 34.5 Å². The van der Waals surface area contributed by atoms with E-state index in [-0.39, 0.29) is 13.0 Å². The van der Waals surface area contributed by atoms with E-state index in [1.165, 1.54) is 0 Å². The molecule has 1 aromatic heterocycles. The lowest BCUT2D eigenvalue weighted by atomic mass is 10.2. The van der Waals surface area contributed by atoms with Gasteiger partial charge in [0.25, 0.3) is 0 Å². The van der Waals surface area contributed by atoms with Gasteiger partial charge in [0.2, 0.25) is 5.91 Å². The van der Waals surface area contributed by atoms with Crippen LogP contribution in [0.2, 0.25) is 0 Å². The zero-order valence-electron chi connectivity index (χ0n) is 8.84. The molecular formula is C11H14FN3O. The number of hydrogen-bond acceptors (Lipinski definition) is 3. The Morgan fingerprint density at radius 3 is 2.88 bits per heavy atom. The molecule has 5 heteroatoms. The fourth-order valence-electron chi connectivity index (χ4n) is 2.04. The molecule has 2 rings (SSSR count). The summed E-state index contributed by atoms with van der Waals surface area (Å²) >= 11 is 0. The van der Waals surface area contributed by atoms with Crippen LogP contribution in [0.4, 0.5) is 4.39 Å². The molecule has 0 unspecified atom stereocenters. The number of carbonyl (C=O) groups excluding carboxylic acids is 1. The van der Waals surface area contributed by atoms with Crippen molar-refractivity contribution in [1.29, 1.82) is 0 Å². The van der Waals surface area contributed by atoms with Crippen molar-refractivity contribution in [1.82, 2.24) is 9.88 Å². The van der Waals surface area contributed by atoms with E-state index >= 15 is 0 Å². The van der Waals surface area contributed by atoms with Crippen molar-refractivity contribution in [2.45, 2.75) is 25.2 Å². The fourth-order valence-corrected chi connectivity index (χ4v) is 2.04. The predicted octanol–water partition coefficient (Wildman–Crippen LogP) is 0.479. The summed E-state index contributed by atoms with van der Waals surface area (Å²) in [6.07, 6.45) is 2.61. The summed E-state index contributed by atoms with van der Waals surface area (Å²) in [5, 5.41) is 0. The molecule has 1 aliphatic rings. The smallest absolute Gasteiger partial charge is 0.234 e. The number of halogens is 1. The van der Waals surface area contributed by atoms with E-state index in [1.807, 2.05) is 12.1 Å². The van der Waals surface area contributed by atoms with Crippen molar-refractivity contribution < 1.29 is 9.18 Å². The number of nitrogens with two attached hydrogens (primary N) is 1. The second-order valence-corrected chi connectivity index (χ2v) is 4.04. The number of likely N-dealkylation sites (tertiary alicyclic amines) is 1. The van der Waals surface area contributed by atoms with Gasteiger partial charge in [-0.1, -0.05) is 0 Å². The number of alkyl halides is 1. The topological polar surface area (TPSA) is 59.2 Å². The van der Waals surface area contributed by atoms with Crippen LogP contribution in [0, 0.1) is 0 Å². The van der Waals surface area contributed by atoms with Gasteiger partial charge in [-0.15, -0.1) is 0 Å². The Morgan fingerprint density at radius 1 is 1.56 bits per heavy atom. The van der Waals surface area contributed by atoms with Crippen LogP contribution in [0.1, 0.15) is 12.0 Å². The van der Waals surface area contributed by atoms with Crippen LogP contribution in [-0.2, 0) is 11.3 Å². The van der Waals surface area contributed by atoms with Crippen LogP contribution in [0.3, 0.4) is 0 Å². The predicted molar refractivity (Wildman–Crippen MR) is 57.1 cm³/mol. The average molecular weight is 223 g/mol. The molecule has 0 radical (unpaired) electrons. The Hall–Kier alpha value is -1.49. The van der Waals surface area contributed by atoms with Gasteiger partial charge in [-0.2, -0.15) is 0 Å². The van der Waals surface area contributed by atoms with Gasteiger partial charge in [0, 0.05) is 31.9 Å². The zero-order chi connectivity index (χ0) is 11.5.